The lowest BCUT2D eigenvalue weighted by molar-refractivity contribution is -0.316. The largest absolute Gasteiger partial charge is 0.550 e. The SMILES string of the molecule is COc1ccc(NC(=O)C2C3C=CC(C4CC34)C2C(=O)[O-])cc1OC. The van der Waals surface area contributed by atoms with Gasteiger partial charge < -0.3 is 24.7 Å². The van der Waals surface area contributed by atoms with Gasteiger partial charge in [-0.3, -0.25) is 4.79 Å². The Morgan fingerprint density at radius 3 is 2.28 bits per heavy atom. The third kappa shape index (κ3) is 2.47. The number of carboxylic acids is 1. The highest BCUT2D eigenvalue weighted by molar-refractivity contribution is 5.96. The van der Waals surface area contributed by atoms with Crippen molar-refractivity contribution in [1.29, 1.82) is 0 Å². The van der Waals surface area contributed by atoms with Crippen molar-refractivity contribution in [3.8, 4) is 11.5 Å². The van der Waals surface area contributed by atoms with Gasteiger partial charge in [-0.2, -0.15) is 0 Å². The minimum absolute atomic E-state index is 0.0157. The van der Waals surface area contributed by atoms with E-state index in [4.69, 9.17) is 9.47 Å². The predicted octanol–water partition coefficient (Wildman–Crippen LogP) is 1.08. The van der Waals surface area contributed by atoms with E-state index in [-0.39, 0.29) is 17.7 Å². The summed E-state index contributed by atoms with van der Waals surface area (Å²) < 4.78 is 10.4. The summed E-state index contributed by atoms with van der Waals surface area (Å²) in [5.74, 6) is -0.925. The Morgan fingerprint density at radius 1 is 1.04 bits per heavy atom. The van der Waals surface area contributed by atoms with E-state index in [1.165, 1.54) is 14.2 Å². The van der Waals surface area contributed by atoms with Crippen LogP contribution in [0.25, 0.3) is 0 Å². The van der Waals surface area contributed by atoms with Crippen LogP contribution in [0.2, 0.25) is 0 Å². The van der Waals surface area contributed by atoms with Crippen LogP contribution in [-0.2, 0) is 9.59 Å². The molecular weight excluding hydrogens is 322 g/mol. The first-order valence-corrected chi connectivity index (χ1v) is 8.47. The second-order valence-electron chi connectivity index (χ2n) is 7.03. The highest BCUT2D eigenvalue weighted by atomic mass is 16.5. The molecule has 1 amide bonds. The van der Waals surface area contributed by atoms with E-state index < -0.39 is 17.8 Å². The van der Waals surface area contributed by atoms with Crippen LogP contribution in [0, 0.1) is 35.5 Å². The zero-order valence-electron chi connectivity index (χ0n) is 14.1. The Morgan fingerprint density at radius 2 is 1.68 bits per heavy atom. The molecule has 25 heavy (non-hydrogen) atoms. The molecule has 2 saturated carbocycles. The van der Waals surface area contributed by atoms with Gasteiger partial charge in [0.25, 0.3) is 0 Å². The monoisotopic (exact) mass is 342 g/mol. The average Bonchev–Trinajstić information content (AvgIpc) is 3.43. The molecule has 0 spiro atoms. The molecule has 1 N–H and O–H groups in total. The number of methoxy groups -OCH3 is 2. The van der Waals surface area contributed by atoms with Crippen LogP contribution in [0.15, 0.2) is 30.4 Å². The number of anilines is 1. The van der Waals surface area contributed by atoms with E-state index in [9.17, 15) is 14.7 Å². The summed E-state index contributed by atoms with van der Waals surface area (Å²) in [6.45, 7) is 0. The molecule has 4 aliphatic carbocycles. The highest BCUT2D eigenvalue weighted by Crippen LogP contribution is 2.63. The van der Waals surface area contributed by atoms with Gasteiger partial charge in [-0.1, -0.05) is 12.2 Å². The zero-order valence-corrected chi connectivity index (χ0v) is 14.1. The molecule has 6 heteroatoms. The van der Waals surface area contributed by atoms with Gasteiger partial charge in [0.05, 0.1) is 20.1 Å². The number of rotatable bonds is 5. The van der Waals surface area contributed by atoms with Crippen molar-refractivity contribution in [2.45, 2.75) is 6.42 Å². The summed E-state index contributed by atoms with van der Waals surface area (Å²) in [5.41, 5.74) is 0.553. The number of carboxylic acid groups (broad SMARTS) is 1. The fraction of sp³-hybridized carbons (Fsp3) is 0.474. The lowest BCUT2D eigenvalue weighted by Crippen LogP contribution is -2.52. The van der Waals surface area contributed by atoms with E-state index in [2.05, 4.69) is 5.32 Å². The van der Waals surface area contributed by atoms with Crippen molar-refractivity contribution < 1.29 is 24.2 Å². The fourth-order valence-electron chi connectivity index (χ4n) is 4.69. The van der Waals surface area contributed by atoms with Gasteiger partial charge in [-0.25, -0.2) is 0 Å². The number of carbonyl (C=O) groups excluding carboxylic acids is 2. The molecule has 5 rings (SSSR count). The quantitative estimate of drug-likeness (QED) is 0.809. The molecule has 6 atom stereocenters. The van der Waals surface area contributed by atoms with Crippen molar-refractivity contribution in [1.82, 2.24) is 0 Å². The van der Waals surface area contributed by atoms with E-state index in [0.29, 0.717) is 29.0 Å². The highest BCUT2D eigenvalue weighted by Gasteiger charge is 2.61. The van der Waals surface area contributed by atoms with Crippen LogP contribution >= 0.6 is 0 Å². The molecule has 2 bridgehead atoms. The number of ether oxygens (including phenoxy) is 2. The Kier molecular flexibility index (Phi) is 3.71. The number of nitrogens with one attached hydrogen (secondary N) is 1. The molecule has 6 unspecified atom stereocenters. The predicted molar refractivity (Wildman–Crippen MR) is 87.9 cm³/mol. The second-order valence-corrected chi connectivity index (χ2v) is 7.03. The molecule has 132 valence electrons. The molecule has 6 nitrogen and oxygen atoms in total. The maximum Gasteiger partial charge on any atom is 0.228 e. The molecule has 0 saturated heterocycles. The molecule has 1 aromatic rings. The lowest BCUT2D eigenvalue weighted by atomic mass is 9.62. The molecule has 2 fully saturated rings. The van der Waals surface area contributed by atoms with E-state index in [1.54, 1.807) is 18.2 Å². The lowest BCUT2D eigenvalue weighted by Gasteiger charge is -2.44. The van der Waals surface area contributed by atoms with Crippen molar-refractivity contribution in [3.63, 3.8) is 0 Å². The number of hydrogen-bond acceptors (Lipinski definition) is 5. The van der Waals surface area contributed by atoms with E-state index in [0.717, 1.165) is 6.42 Å². The van der Waals surface area contributed by atoms with Gasteiger partial charge >= 0.3 is 0 Å². The summed E-state index contributed by atoms with van der Waals surface area (Å²) in [6, 6.07) is 5.08. The van der Waals surface area contributed by atoms with Crippen LogP contribution in [0.5, 0.6) is 11.5 Å². The van der Waals surface area contributed by atoms with Crippen molar-refractivity contribution in [2.75, 3.05) is 19.5 Å². The van der Waals surface area contributed by atoms with Crippen LogP contribution in [0.4, 0.5) is 5.69 Å². The standard InChI is InChI=1S/C19H21NO5/c1-24-14-6-3-9(7-15(14)25-2)20-18(21)16-10-4-5-11(13-8-12(10)13)17(16)19(22)23/h3-7,10-13,16-17H,8H2,1-2H3,(H,20,21)(H,22,23)/p-1. The second kappa shape index (κ2) is 5.79. The molecule has 1 aromatic carbocycles. The van der Waals surface area contributed by atoms with E-state index >= 15 is 0 Å². The first kappa shape index (κ1) is 16.0. The number of carbonyl (C=O) groups is 2. The number of benzene rings is 1. The number of allylic oxidation sites excluding steroid dienone is 2. The van der Waals surface area contributed by atoms with Gasteiger partial charge in [0, 0.05) is 23.6 Å². The van der Waals surface area contributed by atoms with Crippen LogP contribution in [0.3, 0.4) is 0 Å². The van der Waals surface area contributed by atoms with Gasteiger partial charge in [-0.15, -0.1) is 0 Å². The third-order valence-corrected chi connectivity index (χ3v) is 5.88. The number of amides is 1. The Labute approximate surface area is 145 Å². The number of hydrogen-bond donors (Lipinski definition) is 1. The summed E-state index contributed by atoms with van der Waals surface area (Å²) >= 11 is 0. The number of fused-ring (bicyclic) bond motifs is 1. The first-order valence-electron chi connectivity index (χ1n) is 8.47. The van der Waals surface area contributed by atoms with Crippen molar-refractivity contribution in [3.05, 3.63) is 30.4 Å². The minimum atomic E-state index is -1.13. The molecular formula is C19H20NO5-. The first-order chi connectivity index (χ1) is 12.0. The van der Waals surface area contributed by atoms with Gasteiger partial charge in [-0.05, 0) is 42.2 Å². The number of aliphatic carboxylic acids is 1. The molecule has 4 aliphatic rings. The normalized spacial score (nSPS) is 34.2. The van der Waals surface area contributed by atoms with Gasteiger partial charge in [0.1, 0.15) is 0 Å². The Balaban J connectivity index is 1.58. The third-order valence-electron chi connectivity index (χ3n) is 5.88. The Bertz CT molecular complexity index is 758. The van der Waals surface area contributed by atoms with Crippen LogP contribution in [-0.4, -0.2) is 26.1 Å². The maximum atomic E-state index is 12.9. The van der Waals surface area contributed by atoms with Crippen molar-refractivity contribution in [2.24, 2.45) is 35.5 Å². The molecule has 0 aliphatic heterocycles. The topological polar surface area (TPSA) is 87.7 Å². The summed E-state index contributed by atoms with van der Waals surface area (Å²) in [7, 11) is 3.06. The zero-order chi connectivity index (χ0) is 17.7. The van der Waals surface area contributed by atoms with Crippen LogP contribution < -0.4 is 19.9 Å². The van der Waals surface area contributed by atoms with Gasteiger partial charge in [0.2, 0.25) is 5.91 Å². The van der Waals surface area contributed by atoms with Crippen LogP contribution in [0.1, 0.15) is 6.42 Å². The summed E-state index contributed by atoms with van der Waals surface area (Å²) in [4.78, 5) is 24.6. The van der Waals surface area contributed by atoms with E-state index in [1.807, 2.05) is 12.2 Å². The Hall–Kier alpha value is -2.50. The molecule has 0 heterocycles. The minimum Gasteiger partial charge on any atom is -0.550 e. The maximum absolute atomic E-state index is 12.9. The molecule has 0 radical (unpaired) electrons. The summed E-state index contributed by atoms with van der Waals surface area (Å²) in [5, 5.41) is 14.5. The molecule has 0 aromatic heterocycles. The fourth-order valence-corrected chi connectivity index (χ4v) is 4.69. The van der Waals surface area contributed by atoms with Gasteiger partial charge in [0.15, 0.2) is 11.5 Å². The average molecular weight is 342 g/mol. The smallest absolute Gasteiger partial charge is 0.228 e. The summed E-state index contributed by atoms with van der Waals surface area (Å²) in [6.07, 6.45) is 5.00. The van der Waals surface area contributed by atoms with Crippen molar-refractivity contribution >= 4 is 17.6 Å².